The molecular formula is C22H22N2O3S. The number of benzene rings is 2. The van der Waals surface area contributed by atoms with Gasteiger partial charge in [0.2, 0.25) is 0 Å². The van der Waals surface area contributed by atoms with Gasteiger partial charge in [-0.3, -0.25) is 0 Å². The molecule has 4 rings (SSSR count). The van der Waals surface area contributed by atoms with E-state index in [1.807, 2.05) is 36.4 Å². The molecule has 0 unspecified atom stereocenters. The largest absolute Gasteiger partial charge is 0.376 e. The first-order valence-corrected chi connectivity index (χ1v) is 10.8. The number of hydrogen-bond acceptors (Lipinski definition) is 4. The van der Waals surface area contributed by atoms with Crippen molar-refractivity contribution >= 4 is 10.0 Å². The zero-order valence-electron chi connectivity index (χ0n) is 15.4. The zero-order chi connectivity index (χ0) is 19.6. The molecule has 0 saturated carbocycles. The minimum atomic E-state index is -3.81. The van der Waals surface area contributed by atoms with Gasteiger partial charge in [-0.15, -0.1) is 0 Å². The van der Waals surface area contributed by atoms with E-state index in [-0.39, 0.29) is 10.6 Å². The van der Waals surface area contributed by atoms with Crippen molar-refractivity contribution in [3.63, 3.8) is 0 Å². The molecule has 1 N–H and O–H groups in total. The van der Waals surface area contributed by atoms with Gasteiger partial charge in [0.15, 0.2) is 5.03 Å². The Morgan fingerprint density at radius 2 is 1.36 bits per heavy atom. The zero-order valence-corrected chi connectivity index (χ0v) is 16.2. The van der Waals surface area contributed by atoms with Gasteiger partial charge in [-0.2, -0.15) is 4.31 Å². The first kappa shape index (κ1) is 18.8. The molecule has 5 nitrogen and oxygen atoms in total. The highest BCUT2D eigenvalue weighted by Crippen LogP contribution is 2.39. The molecule has 0 aliphatic carbocycles. The van der Waals surface area contributed by atoms with E-state index < -0.39 is 15.6 Å². The highest BCUT2D eigenvalue weighted by atomic mass is 32.2. The molecule has 3 aromatic rings. The van der Waals surface area contributed by atoms with Crippen LogP contribution in [0.5, 0.6) is 0 Å². The van der Waals surface area contributed by atoms with Crippen LogP contribution < -0.4 is 0 Å². The van der Waals surface area contributed by atoms with E-state index >= 15 is 0 Å². The predicted molar refractivity (Wildman–Crippen MR) is 107 cm³/mol. The average molecular weight is 394 g/mol. The van der Waals surface area contributed by atoms with E-state index in [1.165, 1.54) is 10.5 Å². The highest BCUT2D eigenvalue weighted by Gasteiger charge is 2.41. The van der Waals surface area contributed by atoms with Gasteiger partial charge in [-0.1, -0.05) is 66.7 Å². The first-order chi connectivity index (χ1) is 13.5. The van der Waals surface area contributed by atoms with Crippen LogP contribution in [-0.4, -0.2) is 35.9 Å². The van der Waals surface area contributed by atoms with Crippen molar-refractivity contribution in [3.05, 3.63) is 95.7 Å². The monoisotopic (exact) mass is 394 g/mol. The number of hydrogen-bond donors (Lipinski definition) is 1. The van der Waals surface area contributed by atoms with E-state index in [0.717, 1.165) is 12.8 Å². The van der Waals surface area contributed by atoms with Gasteiger partial charge in [-0.25, -0.2) is 13.4 Å². The summed E-state index contributed by atoms with van der Waals surface area (Å²) in [5.74, 6) is 0. The molecule has 1 fully saturated rings. The maximum atomic E-state index is 13.3. The van der Waals surface area contributed by atoms with E-state index in [0.29, 0.717) is 24.2 Å². The molecule has 0 bridgehead atoms. The maximum absolute atomic E-state index is 13.3. The summed E-state index contributed by atoms with van der Waals surface area (Å²) in [6.45, 7) is 0.959. The number of nitrogens with zero attached hydrogens (tertiary/aromatic N) is 2. The summed E-state index contributed by atoms with van der Waals surface area (Å²) in [6, 6.07) is 21.5. The molecule has 28 heavy (non-hydrogen) atoms. The Morgan fingerprint density at radius 3 is 1.89 bits per heavy atom. The molecule has 2 heterocycles. The standard InChI is InChI=1S/C22H22N2O3S/c25-22(18-10-3-1-4-11-18,19-12-5-2-6-13-19)20-14-9-15-23-21(20)28(26,27)24-16-7-8-17-24/h1-6,9-15,25H,7-8,16-17H2. The lowest BCUT2D eigenvalue weighted by atomic mass is 9.81. The van der Waals surface area contributed by atoms with Gasteiger partial charge in [0.25, 0.3) is 10.0 Å². The second kappa shape index (κ2) is 7.47. The fraction of sp³-hybridized carbons (Fsp3) is 0.227. The Morgan fingerprint density at radius 1 is 0.821 bits per heavy atom. The van der Waals surface area contributed by atoms with Gasteiger partial charge in [0.1, 0.15) is 5.60 Å². The Kier molecular flexibility index (Phi) is 5.02. The molecule has 1 aromatic heterocycles. The number of pyridine rings is 1. The Hall–Kier alpha value is -2.54. The molecule has 1 aliphatic heterocycles. The predicted octanol–water partition coefficient (Wildman–Crippen LogP) is 3.15. The van der Waals surface area contributed by atoms with Crippen LogP contribution in [-0.2, 0) is 15.6 Å². The van der Waals surface area contributed by atoms with Crippen LogP contribution in [0.1, 0.15) is 29.5 Å². The maximum Gasteiger partial charge on any atom is 0.260 e. The van der Waals surface area contributed by atoms with Crippen molar-refractivity contribution in [2.24, 2.45) is 0 Å². The normalized spacial score (nSPS) is 15.6. The SMILES string of the molecule is O=S(=O)(c1ncccc1C(O)(c1ccccc1)c1ccccc1)N1CCCC1. The molecule has 144 valence electrons. The number of aliphatic hydroxyl groups is 1. The molecule has 1 aliphatic rings. The topological polar surface area (TPSA) is 70.5 Å². The van der Waals surface area contributed by atoms with Crippen LogP contribution in [0.4, 0.5) is 0 Å². The summed E-state index contributed by atoms with van der Waals surface area (Å²) in [6.07, 6.45) is 3.13. The van der Waals surface area contributed by atoms with Crippen molar-refractivity contribution in [1.82, 2.24) is 9.29 Å². The van der Waals surface area contributed by atoms with Gasteiger partial charge in [0, 0.05) is 24.8 Å². The molecular weight excluding hydrogens is 372 g/mol. The molecule has 0 radical (unpaired) electrons. The quantitative estimate of drug-likeness (QED) is 0.722. The fourth-order valence-electron chi connectivity index (χ4n) is 3.76. The lowest BCUT2D eigenvalue weighted by molar-refractivity contribution is 0.121. The lowest BCUT2D eigenvalue weighted by Crippen LogP contribution is -2.35. The van der Waals surface area contributed by atoms with Crippen LogP contribution in [0.25, 0.3) is 0 Å². The van der Waals surface area contributed by atoms with Crippen molar-refractivity contribution in [2.75, 3.05) is 13.1 Å². The summed E-state index contributed by atoms with van der Waals surface area (Å²) in [7, 11) is -3.81. The molecule has 2 aromatic carbocycles. The van der Waals surface area contributed by atoms with Crippen molar-refractivity contribution in [1.29, 1.82) is 0 Å². The third-order valence-corrected chi connectivity index (χ3v) is 7.05. The summed E-state index contributed by atoms with van der Waals surface area (Å²) >= 11 is 0. The summed E-state index contributed by atoms with van der Waals surface area (Å²) < 4.78 is 28.1. The van der Waals surface area contributed by atoms with Crippen molar-refractivity contribution in [2.45, 2.75) is 23.5 Å². The Bertz CT molecular complexity index is 1010. The number of aromatic nitrogens is 1. The minimum absolute atomic E-state index is 0.0906. The summed E-state index contributed by atoms with van der Waals surface area (Å²) in [4.78, 5) is 4.22. The smallest absolute Gasteiger partial charge is 0.260 e. The van der Waals surface area contributed by atoms with Crippen LogP contribution in [0.15, 0.2) is 84.0 Å². The molecule has 0 atom stereocenters. The second-order valence-corrected chi connectivity index (χ2v) is 8.76. The molecule has 1 saturated heterocycles. The first-order valence-electron chi connectivity index (χ1n) is 9.33. The number of rotatable bonds is 5. The Labute approximate surface area is 165 Å². The third kappa shape index (κ3) is 3.13. The molecule has 0 amide bonds. The number of sulfonamides is 1. The van der Waals surface area contributed by atoms with E-state index in [1.54, 1.807) is 36.4 Å². The molecule has 0 spiro atoms. The van der Waals surface area contributed by atoms with Gasteiger partial charge in [-0.05, 0) is 30.0 Å². The highest BCUT2D eigenvalue weighted by molar-refractivity contribution is 7.89. The van der Waals surface area contributed by atoms with Crippen LogP contribution in [0, 0.1) is 0 Å². The lowest BCUT2D eigenvalue weighted by Gasteiger charge is -2.31. The van der Waals surface area contributed by atoms with E-state index in [4.69, 9.17) is 0 Å². The van der Waals surface area contributed by atoms with Gasteiger partial charge in [0.05, 0.1) is 0 Å². The third-order valence-electron chi connectivity index (χ3n) is 5.19. The van der Waals surface area contributed by atoms with E-state index in [9.17, 15) is 13.5 Å². The van der Waals surface area contributed by atoms with Crippen LogP contribution in [0.3, 0.4) is 0 Å². The summed E-state index contributed by atoms with van der Waals surface area (Å²) in [5, 5.41) is 11.9. The second-order valence-electron chi connectivity index (χ2n) is 6.91. The van der Waals surface area contributed by atoms with Crippen LogP contribution >= 0.6 is 0 Å². The van der Waals surface area contributed by atoms with Crippen molar-refractivity contribution < 1.29 is 13.5 Å². The van der Waals surface area contributed by atoms with Gasteiger partial charge < -0.3 is 5.11 Å². The molecule has 6 heteroatoms. The minimum Gasteiger partial charge on any atom is -0.376 e. The van der Waals surface area contributed by atoms with E-state index in [2.05, 4.69) is 4.98 Å². The van der Waals surface area contributed by atoms with Crippen LogP contribution in [0.2, 0.25) is 0 Å². The Balaban J connectivity index is 1.97. The van der Waals surface area contributed by atoms with Crippen molar-refractivity contribution in [3.8, 4) is 0 Å². The average Bonchev–Trinajstić information content (AvgIpc) is 3.30. The van der Waals surface area contributed by atoms with Gasteiger partial charge >= 0.3 is 0 Å². The summed E-state index contributed by atoms with van der Waals surface area (Å²) in [5.41, 5.74) is -0.197. The fourth-order valence-corrected chi connectivity index (χ4v) is 5.43.